The number of carboxylic acid groups (broad SMARTS) is 1. The van der Waals surface area contributed by atoms with Crippen LogP contribution in [0.5, 0.6) is 0 Å². The summed E-state index contributed by atoms with van der Waals surface area (Å²) in [6.45, 7) is 3.70. The maximum atomic E-state index is 11.1. The van der Waals surface area contributed by atoms with Gasteiger partial charge in [0.05, 0.1) is 5.92 Å². The molecule has 1 rings (SSSR count). The molecule has 2 unspecified atom stereocenters. The molecule has 15 heavy (non-hydrogen) atoms. The summed E-state index contributed by atoms with van der Waals surface area (Å²) in [5.74, 6) is -0.261. The van der Waals surface area contributed by atoms with Crippen molar-refractivity contribution in [3.8, 4) is 0 Å². The number of carbonyl (C=O) groups is 1. The molecular weight excluding hydrogens is 188 g/mol. The van der Waals surface area contributed by atoms with Crippen molar-refractivity contribution >= 4 is 5.97 Å². The van der Waals surface area contributed by atoms with E-state index in [2.05, 4.69) is 6.58 Å². The Morgan fingerprint density at radius 2 is 2.07 bits per heavy atom. The first-order chi connectivity index (χ1) is 7.25. The summed E-state index contributed by atoms with van der Waals surface area (Å²) in [5, 5.41) is 9.17. The summed E-state index contributed by atoms with van der Waals surface area (Å²) in [6.07, 6.45) is 10.6. The fourth-order valence-corrected chi connectivity index (χ4v) is 2.58. The minimum Gasteiger partial charge on any atom is -0.481 e. The monoisotopic (exact) mass is 210 g/mol. The molecule has 0 amide bonds. The fraction of sp³-hybridized carbons (Fsp3) is 0.769. The van der Waals surface area contributed by atoms with Crippen molar-refractivity contribution in [2.45, 2.75) is 51.4 Å². The molecule has 2 heteroatoms. The van der Waals surface area contributed by atoms with Gasteiger partial charge in [-0.1, -0.05) is 25.3 Å². The summed E-state index contributed by atoms with van der Waals surface area (Å²) in [7, 11) is 0. The molecule has 86 valence electrons. The summed E-state index contributed by atoms with van der Waals surface area (Å²) in [5.41, 5.74) is 0. The summed E-state index contributed by atoms with van der Waals surface area (Å²) >= 11 is 0. The van der Waals surface area contributed by atoms with Crippen LogP contribution in [0.1, 0.15) is 51.4 Å². The number of unbranched alkanes of at least 4 members (excludes halogenated alkanes) is 1. The van der Waals surface area contributed by atoms with Crippen molar-refractivity contribution in [2.24, 2.45) is 11.8 Å². The van der Waals surface area contributed by atoms with Crippen LogP contribution in [0.15, 0.2) is 12.7 Å². The average Bonchev–Trinajstić information content (AvgIpc) is 2.43. The Balaban J connectivity index is 2.46. The Hall–Kier alpha value is -0.790. The number of aliphatic carboxylic acids is 1. The number of carboxylic acids is 1. The van der Waals surface area contributed by atoms with Gasteiger partial charge in [0, 0.05) is 0 Å². The third kappa shape index (κ3) is 4.06. The minimum absolute atomic E-state index is 0.0858. The maximum absolute atomic E-state index is 11.1. The van der Waals surface area contributed by atoms with Crippen LogP contribution in [-0.4, -0.2) is 11.1 Å². The summed E-state index contributed by atoms with van der Waals surface area (Å²) < 4.78 is 0. The average molecular weight is 210 g/mol. The van der Waals surface area contributed by atoms with Gasteiger partial charge >= 0.3 is 5.97 Å². The van der Waals surface area contributed by atoms with Gasteiger partial charge in [-0.2, -0.15) is 0 Å². The van der Waals surface area contributed by atoms with Crippen LogP contribution in [0, 0.1) is 11.8 Å². The summed E-state index contributed by atoms with van der Waals surface area (Å²) in [6, 6.07) is 0. The highest BCUT2D eigenvalue weighted by Crippen LogP contribution is 2.32. The van der Waals surface area contributed by atoms with Crippen molar-refractivity contribution in [3.63, 3.8) is 0 Å². The Morgan fingerprint density at radius 1 is 1.33 bits per heavy atom. The Labute approximate surface area is 92.4 Å². The molecule has 1 fully saturated rings. The molecular formula is C13H22O2. The molecule has 1 aliphatic rings. The molecule has 0 saturated heterocycles. The molecule has 0 heterocycles. The van der Waals surface area contributed by atoms with Crippen molar-refractivity contribution in [2.75, 3.05) is 0 Å². The second-order valence-corrected chi connectivity index (χ2v) is 4.56. The minimum atomic E-state index is -0.583. The lowest BCUT2D eigenvalue weighted by molar-refractivity contribution is -0.144. The van der Waals surface area contributed by atoms with Crippen LogP contribution in [0.3, 0.4) is 0 Å². The van der Waals surface area contributed by atoms with Gasteiger partial charge in [-0.3, -0.25) is 4.79 Å². The normalized spacial score (nSPS) is 26.9. The molecule has 1 saturated carbocycles. The third-order valence-corrected chi connectivity index (χ3v) is 3.46. The lowest BCUT2D eigenvalue weighted by atomic mass is 9.84. The highest BCUT2D eigenvalue weighted by atomic mass is 16.4. The Morgan fingerprint density at radius 3 is 2.73 bits per heavy atom. The predicted molar refractivity (Wildman–Crippen MR) is 61.7 cm³/mol. The van der Waals surface area contributed by atoms with Crippen LogP contribution in [0.25, 0.3) is 0 Å². The fourth-order valence-electron chi connectivity index (χ4n) is 2.58. The highest BCUT2D eigenvalue weighted by Gasteiger charge is 2.28. The van der Waals surface area contributed by atoms with Crippen LogP contribution in [0.2, 0.25) is 0 Å². The van der Waals surface area contributed by atoms with E-state index < -0.39 is 5.97 Å². The first-order valence-corrected chi connectivity index (χ1v) is 6.09. The zero-order valence-corrected chi connectivity index (χ0v) is 9.45. The third-order valence-electron chi connectivity index (χ3n) is 3.46. The van der Waals surface area contributed by atoms with E-state index in [0.29, 0.717) is 5.92 Å². The zero-order chi connectivity index (χ0) is 11.1. The van der Waals surface area contributed by atoms with E-state index in [9.17, 15) is 9.90 Å². The van der Waals surface area contributed by atoms with E-state index in [0.717, 1.165) is 38.5 Å². The molecule has 1 aliphatic carbocycles. The van der Waals surface area contributed by atoms with E-state index in [4.69, 9.17) is 0 Å². The second kappa shape index (κ2) is 6.65. The molecule has 2 atom stereocenters. The van der Waals surface area contributed by atoms with E-state index in [1.165, 1.54) is 12.8 Å². The van der Waals surface area contributed by atoms with Crippen LogP contribution in [-0.2, 0) is 4.79 Å². The quantitative estimate of drug-likeness (QED) is 0.427. The topological polar surface area (TPSA) is 37.3 Å². The lowest BCUT2D eigenvalue weighted by Crippen LogP contribution is -2.22. The van der Waals surface area contributed by atoms with Crippen molar-refractivity contribution < 1.29 is 9.90 Å². The molecule has 0 aromatic heterocycles. The van der Waals surface area contributed by atoms with Gasteiger partial charge in [0.25, 0.3) is 0 Å². The van der Waals surface area contributed by atoms with E-state index in [1.807, 2.05) is 6.08 Å². The number of allylic oxidation sites excluding steroid dienone is 1. The Bertz CT molecular complexity index is 211. The van der Waals surface area contributed by atoms with Crippen LogP contribution in [0.4, 0.5) is 0 Å². The van der Waals surface area contributed by atoms with E-state index >= 15 is 0 Å². The van der Waals surface area contributed by atoms with Crippen LogP contribution >= 0.6 is 0 Å². The smallest absolute Gasteiger partial charge is 0.306 e. The zero-order valence-electron chi connectivity index (χ0n) is 9.45. The molecule has 0 aromatic carbocycles. The largest absolute Gasteiger partial charge is 0.481 e. The van der Waals surface area contributed by atoms with Gasteiger partial charge < -0.3 is 5.11 Å². The molecule has 1 N–H and O–H groups in total. The first-order valence-electron chi connectivity index (χ1n) is 6.09. The molecule has 2 nitrogen and oxygen atoms in total. The van der Waals surface area contributed by atoms with Crippen molar-refractivity contribution in [3.05, 3.63) is 12.7 Å². The van der Waals surface area contributed by atoms with Gasteiger partial charge in [0.2, 0.25) is 0 Å². The standard InChI is InChI=1S/C13H22O2/c1-2-3-5-8-11-9-6-4-7-10-12(11)13(14)15/h2,11-12H,1,3-10H2,(H,14,15). The van der Waals surface area contributed by atoms with Gasteiger partial charge in [-0.25, -0.2) is 0 Å². The second-order valence-electron chi connectivity index (χ2n) is 4.56. The molecule has 0 spiro atoms. The number of hydrogen-bond acceptors (Lipinski definition) is 1. The summed E-state index contributed by atoms with van der Waals surface area (Å²) in [4.78, 5) is 11.1. The molecule has 0 bridgehead atoms. The molecule has 0 radical (unpaired) electrons. The van der Waals surface area contributed by atoms with Crippen molar-refractivity contribution in [1.29, 1.82) is 0 Å². The maximum Gasteiger partial charge on any atom is 0.306 e. The van der Waals surface area contributed by atoms with E-state index in [-0.39, 0.29) is 5.92 Å². The van der Waals surface area contributed by atoms with Gasteiger partial charge in [0.1, 0.15) is 0 Å². The SMILES string of the molecule is C=CCCCC1CCCCCC1C(=O)O. The van der Waals surface area contributed by atoms with Crippen molar-refractivity contribution in [1.82, 2.24) is 0 Å². The van der Waals surface area contributed by atoms with Gasteiger partial charge in [-0.15, -0.1) is 6.58 Å². The highest BCUT2D eigenvalue weighted by molar-refractivity contribution is 5.70. The number of rotatable bonds is 5. The first kappa shape index (κ1) is 12.3. The van der Waals surface area contributed by atoms with Gasteiger partial charge in [-0.05, 0) is 38.0 Å². The lowest BCUT2D eigenvalue weighted by Gasteiger charge is -2.20. The Kier molecular flexibility index (Phi) is 5.44. The van der Waals surface area contributed by atoms with Crippen LogP contribution < -0.4 is 0 Å². The van der Waals surface area contributed by atoms with Gasteiger partial charge in [0.15, 0.2) is 0 Å². The molecule has 0 aliphatic heterocycles. The van der Waals surface area contributed by atoms with E-state index in [1.54, 1.807) is 0 Å². The number of hydrogen-bond donors (Lipinski definition) is 1. The molecule has 0 aromatic rings. The predicted octanol–water partition coefficient (Wildman–Crippen LogP) is 3.62.